The molecule has 3 rings (SSSR count). The minimum atomic E-state index is 0.445. The molecular weight excluding hydrogens is 256 g/mol. The second kappa shape index (κ2) is 4.55. The average molecular weight is 270 g/mol. The zero-order valence-corrected chi connectivity index (χ0v) is 11.6. The summed E-state index contributed by atoms with van der Waals surface area (Å²) in [4.78, 5) is 1.08. The smallest absolute Gasteiger partial charge is 0.178 e. The maximum atomic E-state index is 5.97. The summed E-state index contributed by atoms with van der Waals surface area (Å²) in [6, 6.07) is 10.2. The zero-order chi connectivity index (χ0) is 13.4. The SMILES string of the molecule is Cc1cccc(C)c1-c1onc(N)c1-c1cccs1. The molecule has 96 valence electrons. The van der Waals surface area contributed by atoms with Crippen molar-refractivity contribution in [1.82, 2.24) is 5.16 Å². The number of nitrogens with two attached hydrogens (primary N) is 1. The normalized spacial score (nSPS) is 10.8. The van der Waals surface area contributed by atoms with Crippen molar-refractivity contribution < 1.29 is 4.52 Å². The van der Waals surface area contributed by atoms with Gasteiger partial charge in [0.2, 0.25) is 0 Å². The molecule has 3 aromatic rings. The Morgan fingerprint density at radius 1 is 1.05 bits per heavy atom. The van der Waals surface area contributed by atoms with Crippen molar-refractivity contribution in [2.75, 3.05) is 5.73 Å². The van der Waals surface area contributed by atoms with E-state index in [4.69, 9.17) is 10.3 Å². The lowest BCUT2D eigenvalue weighted by molar-refractivity contribution is 0.435. The molecule has 2 heterocycles. The molecule has 19 heavy (non-hydrogen) atoms. The van der Waals surface area contributed by atoms with Crippen molar-refractivity contribution in [3.63, 3.8) is 0 Å². The summed E-state index contributed by atoms with van der Waals surface area (Å²) in [5.41, 5.74) is 10.3. The van der Waals surface area contributed by atoms with E-state index >= 15 is 0 Å². The summed E-state index contributed by atoms with van der Waals surface area (Å²) in [6.07, 6.45) is 0. The van der Waals surface area contributed by atoms with Crippen LogP contribution in [0.15, 0.2) is 40.2 Å². The zero-order valence-electron chi connectivity index (χ0n) is 10.8. The number of hydrogen-bond donors (Lipinski definition) is 1. The van der Waals surface area contributed by atoms with Gasteiger partial charge in [-0.25, -0.2) is 0 Å². The summed E-state index contributed by atoms with van der Waals surface area (Å²) in [7, 11) is 0. The van der Waals surface area contributed by atoms with Crippen LogP contribution < -0.4 is 5.73 Å². The Labute approximate surface area is 115 Å². The molecule has 0 aliphatic rings. The van der Waals surface area contributed by atoms with Gasteiger partial charge in [-0.1, -0.05) is 29.4 Å². The minimum Gasteiger partial charge on any atom is -0.380 e. The third-order valence-electron chi connectivity index (χ3n) is 3.19. The highest BCUT2D eigenvalue weighted by atomic mass is 32.1. The largest absolute Gasteiger partial charge is 0.380 e. The van der Waals surface area contributed by atoms with Crippen LogP contribution in [0, 0.1) is 13.8 Å². The molecule has 2 aromatic heterocycles. The lowest BCUT2D eigenvalue weighted by Gasteiger charge is -2.07. The van der Waals surface area contributed by atoms with Crippen LogP contribution in [0.2, 0.25) is 0 Å². The summed E-state index contributed by atoms with van der Waals surface area (Å²) >= 11 is 1.64. The maximum absolute atomic E-state index is 5.97. The molecule has 0 aliphatic heterocycles. The van der Waals surface area contributed by atoms with E-state index in [2.05, 4.69) is 31.1 Å². The highest BCUT2D eigenvalue weighted by Gasteiger charge is 2.20. The topological polar surface area (TPSA) is 52.0 Å². The fourth-order valence-corrected chi connectivity index (χ4v) is 3.08. The van der Waals surface area contributed by atoms with Gasteiger partial charge in [0.15, 0.2) is 11.6 Å². The molecule has 3 nitrogen and oxygen atoms in total. The van der Waals surface area contributed by atoms with Gasteiger partial charge in [-0.2, -0.15) is 0 Å². The number of nitrogens with zero attached hydrogens (tertiary/aromatic N) is 1. The standard InChI is InChI=1S/C15H14N2OS/c1-9-5-3-6-10(2)12(9)14-13(15(16)17-18-14)11-7-4-8-19-11/h3-8H,1-2H3,(H2,16,17). The average Bonchev–Trinajstić information content (AvgIpc) is 2.99. The Kier molecular flexibility index (Phi) is 2.87. The molecule has 0 aliphatic carbocycles. The first-order valence-electron chi connectivity index (χ1n) is 6.04. The van der Waals surface area contributed by atoms with Crippen LogP contribution in [0.25, 0.3) is 21.8 Å². The van der Waals surface area contributed by atoms with E-state index in [-0.39, 0.29) is 0 Å². The van der Waals surface area contributed by atoms with Crippen LogP contribution in [-0.4, -0.2) is 5.16 Å². The van der Waals surface area contributed by atoms with Gasteiger partial charge < -0.3 is 10.3 Å². The monoisotopic (exact) mass is 270 g/mol. The number of aryl methyl sites for hydroxylation is 2. The molecular formula is C15H14N2OS. The van der Waals surface area contributed by atoms with Gasteiger partial charge in [0.1, 0.15) is 0 Å². The van der Waals surface area contributed by atoms with Gasteiger partial charge in [0, 0.05) is 10.4 Å². The quantitative estimate of drug-likeness (QED) is 0.756. The van der Waals surface area contributed by atoms with Gasteiger partial charge in [0.25, 0.3) is 0 Å². The number of aromatic nitrogens is 1. The Morgan fingerprint density at radius 3 is 2.42 bits per heavy atom. The number of benzene rings is 1. The van der Waals surface area contributed by atoms with E-state index in [1.165, 1.54) is 0 Å². The predicted molar refractivity (Wildman–Crippen MR) is 79.1 cm³/mol. The van der Waals surface area contributed by atoms with E-state index in [1.807, 2.05) is 23.6 Å². The lowest BCUT2D eigenvalue weighted by Crippen LogP contribution is -1.90. The van der Waals surface area contributed by atoms with Crippen LogP contribution in [0.1, 0.15) is 11.1 Å². The fraction of sp³-hybridized carbons (Fsp3) is 0.133. The van der Waals surface area contributed by atoms with Crippen molar-refractivity contribution in [2.45, 2.75) is 13.8 Å². The van der Waals surface area contributed by atoms with E-state index in [0.717, 1.165) is 32.9 Å². The number of nitrogen functional groups attached to an aromatic ring is 1. The first kappa shape index (κ1) is 12.0. The van der Waals surface area contributed by atoms with E-state index < -0.39 is 0 Å². The minimum absolute atomic E-state index is 0.445. The van der Waals surface area contributed by atoms with E-state index in [0.29, 0.717) is 5.82 Å². The van der Waals surface area contributed by atoms with Crippen molar-refractivity contribution in [2.24, 2.45) is 0 Å². The van der Waals surface area contributed by atoms with Gasteiger partial charge in [-0.05, 0) is 36.4 Å². The van der Waals surface area contributed by atoms with Gasteiger partial charge in [-0.3, -0.25) is 0 Å². The van der Waals surface area contributed by atoms with E-state index in [9.17, 15) is 0 Å². The first-order chi connectivity index (χ1) is 9.18. The van der Waals surface area contributed by atoms with Crippen LogP contribution in [0.4, 0.5) is 5.82 Å². The molecule has 2 N–H and O–H groups in total. The Hall–Kier alpha value is -2.07. The Bertz CT molecular complexity index is 694. The summed E-state index contributed by atoms with van der Waals surface area (Å²) < 4.78 is 5.50. The number of thiophene rings is 1. The molecule has 0 radical (unpaired) electrons. The van der Waals surface area contributed by atoms with Gasteiger partial charge in [0.05, 0.1) is 5.56 Å². The second-order valence-corrected chi connectivity index (χ2v) is 5.46. The summed E-state index contributed by atoms with van der Waals surface area (Å²) in [5.74, 6) is 1.20. The molecule has 0 saturated carbocycles. The molecule has 4 heteroatoms. The third kappa shape index (κ3) is 1.94. The number of rotatable bonds is 2. The molecule has 0 unspecified atom stereocenters. The van der Waals surface area contributed by atoms with Crippen molar-refractivity contribution >= 4 is 17.2 Å². The molecule has 0 spiro atoms. The summed E-state index contributed by atoms with van der Waals surface area (Å²) in [5, 5.41) is 5.96. The van der Waals surface area contributed by atoms with Crippen molar-refractivity contribution in [3.8, 4) is 21.8 Å². The highest BCUT2D eigenvalue weighted by Crippen LogP contribution is 2.40. The third-order valence-corrected chi connectivity index (χ3v) is 4.08. The van der Waals surface area contributed by atoms with Crippen LogP contribution in [0.3, 0.4) is 0 Å². The predicted octanol–water partition coefficient (Wildman–Crippen LogP) is 4.27. The molecule has 0 amide bonds. The molecule has 0 bridgehead atoms. The van der Waals surface area contributed by atoms with Crippen LogP contribution >= 0.6 is 11.3 Å². The van der Waals surface area contributed by atoms with Crippen LogP contribution in [-0.2, 0) is 0 Å². The van der Waals surface area contributed by atoms with Crippen molar-refractivity contribution in [3.05, 3.63) is 46.8 Å². The maximum Gasteiger partial charge on any atom is 0.178 e. The lowest BCUT2D eigenvalue weighted by atomic mass is 9.98. The summed E-state index contributed by atoms with van der Waals surface area (Å²) in [6.45, 7) is 4.14. The highest BCUT2D eigenvalue weighted by molar-refractivity contribution is 7.13. The van der Waals surface area contributed by atoms with E-state index in [1.54, 1.807) is 11.3 Å². The second-order valence-electron chi connectivity index (χ2n) is 4.52. The molecule has 0 atom stereocenters. The molecule has 0 saturated heterocycles. The van der Waals surface area contributed by atoms with Crippen LogP contribution in [0.5, 0.6) is 0 Å². The Morgan fingerprint density at radius 2 is 1.79 bits per heavy atom. The molecule has 1 aromatic carbocycles. The van der Waals surface area contributed by atoms with Gasteiger partial charge in [-0.15, -0.1) is 11.3 Å². The number of hydrogen-bond acceptors (Lipinski definition) is 4. The fourth-order valence-electron chi connectivity index (χ4n) is 2.30. The Balaban J connectivity index is 2.28. The van der Waals surface area contributed by atoms with Crippen molar-refractivity contribution in [1.29, 1.82) is 0 Å². The number of anilines is 1. The molecule has 0 fully saturated rings. The first-order valence-corrected chi connectivity index (χ1v) is 6.92. The van der Waals surface area contributed by atoms with Gasteiger partial charge >= 0.3 is 0 Å².